The number of rotatable bonds is 13. The van der Waals surface area contributed by atoms with E-state index in [1.165, 1.54) is 38.5 Å². The Balaban J connectivity index is 2.18. The second-order valence-corrected chi connectivity index (χ2v) is 9.34. The average Bonchev–Trinajstić information content (AvgIpc) is 2.90. The number of nitro benzene ring substituents is 2. The van der Waals surface area contributed by atoms with Crippen molar-refractivity contribution in [2.24, 2.45) is 0 Å². The zero-order valence-corrected chi connectivity index (χ0v) is 21.7. The molecule has 14 nitrogen and oxygen atoms in total. The summed E-state index contributed by atoms with van der Waals surface area (Å²) in [5.41, 5.74) is -1.51. The van der Waals surface area contributed by atoms with Crippen LogP contribution in [0.25, 0.3) is 0 Å². The first-order chi connectivity index (χ1) is 18.1. The maximum atomic E-state index is 12.4. The zero-order valence-electron chi connectivity index (χ0n) is 20.1. The summed E-state index contributed by atoms with van der Waals surface area (Å²) < 4.78 is 19.4. The van der Waals surface area contributed by atoms with Gasteiger partial charge in [-0.1, -0.05) is 21.6 Å². The van der Waals surface area contributed by atoms with Gasteiger partial charge < -0.3 is 18.9 Å². The molecule has 16 heteroatoms. The molecule has 38 heavy (non-hydrogen) atoms. The van der Waals surface area contributed by atoms with Crippen LogP contribution in [0.4, 0.5) is 11.4 Å². The van der Waals surface area contributed by atoms with Crippen LogP contribution >= 0.6 is 21.6 Å². The number of carbonyl (C=O) groups excluding carboxylic acids is 2. The maximum Gasteiger partial charge on any atom is 0.345 e. The van der Waals surface area contributed by atoms with Crippen LogP contribution in [0.1, 0.15) is 33.6 Å². The van der Waals surface area contributed by atoms with Gasteiger partial charge in [0, 0.05) is 21.9 Å². The summed E-state index contributed by atoms with van der Waals surface area (Å²) >= 11 is 0. The van der Waals surface area contributed by atoms with Gasteiger partial charge in [0.05, 0.1) is 36.9 Å². The Morgan fingerprint density at radius 3 is 1.45 bits per heavy atom. The van der Waals surface area contributed by atoms with Crippen molar-refractivity contribution in [3.05, 3.63) is 67.8 Å². The molecule has 0 saturated carbocycles. The number of nitrogens with zero attached hydrogens (tertiary/aromatic N) is 2. The van der Waals surface area contributed by atoms with E-state index in [9.17, 15) is 29.8 Å². The van der Waals surface area contributed by atoms with Crippen LogP contribution in [0, 0.1) is 31.0 Å². The lowest BCUT2D eigenvalue weighted by Gasteiger charge is -2.09. The monoisotopic (exact) mass is 566 g/mol. The van der Waals surface area contributed by atoms with Gasteiger partial charge in [0.2, 0.25) is 0 Å². The van der Waals surface area contributed by atoms with E-state index in [-0.39, 0.29) is 49.0 Å². The first kappa shape index (κ1) is 30.0. The van der Waals surface area contributed by atoms with Crippen LogP contribution in [0.2, 0.25) is 0 Å². The third kappa shape index (κ3) is 8.74. The highest BCUT2D eigenvalue weighted by molar-refractivity contribution is 8.76. The molecule has 2 aromatic carbocycles. The Morgan fingerprint density at radius 1 is 0.763 bits per heavy atom. The van der Waals surface area contributed by atoms with Crippen LogP contribution in [0.3, 0.4) is 0 Å². The Hall–Kier alpha value is -4.18. The van der Waals surface area contributed by atoms with Crippen molar-refractivity contribution in [2.45, 2.75) is 22.6 Å². The van der Waals surface area contributed by atoms with Gasteiger partial charge in [0.1, 0.15) is 24.3 Å². The fraction of sp³-hybridized carbons (Fsp3) is 0.273. The quantitative estimate of drug-likeness (QED) is 0.0849. The fourth-order valence-electron chi connectivity index (χ4n) is 2.71. The summed E-state index contributed by atoms with van der Waals surface area (Å²) in [6.07, 6.45) is 0.000304. The normalized spacial score (nSPS) is 10.3. The highest BCUT2D eigenvalue weighted by Gasteiger charge is 2.24. The molecule has 202 valence electrons. The summed E-state index contributed by atoms with van der Waals surface area (Å²) in [6.45, 7) is -0.411. The first-order valence-corrected chi connectivity index (χ1v) is 12.7. The van der Waals surface area contributed by atoms with Crippen LogP contribution in [-0.4, -0.2) is 61.0 Å². The molecule has 0 saturated heterocycles. The summed E-state index contributed by atoms with van der Waals surface area (Å²) in [5.74, 6) is -2.13. The first-order valence-electron chi connectivity index (χ1n) is 10.6. The fourth-order valence-corrected chi connectivity index (χ4v) is 4.68. The third-order valence-corrected chi connectivity index (χ3v) is 7.00. The van der Waals surface area contributed by atoms with E-state index in [2.05, 4.69) is 9.47 Å². The van der Waals surface area contributed by atoms with Crippen LogP contribution < -0.4 is 0 Å². The molecule has 0 fully saturated rings. The average molecular weight is 567 g/mol. The van der Waals surface area contributed by atoms with E-state index in [4.69, 9.17) is 20.3 Å². The van der Waals surface area contributed by atoms with Gasteiger partial charge in [-0.15, -0.1) is 0 Å². The molecule has 0 aliphatic rings. The van der Waals surface area contributed by atoms with Crippen molar-refractivity contribution in [2.75, 3.05) is 27.4 Å². The molecule has 0 aliphatic carbocycles. The highest BCUT2D eigenvalue weighted by atomic mass is 33.1. The van der Waals surface area contributed by atoms with Crippen molar-refractivity contribution < 1.29 is 38.4 Å². The van der Waals surface area contributed by atoms with E-state index >= 15 is 0 Å². The van der Waals surface area contributed by atoms with Gasteiger partial charge in [-0.05, 0) is 24.3 Å². The minimum Gasteiger partial charge on any atom is -0.484 e. The Bertz CT molecular complexity index is 1160. The molecule has 0 radical (unpaired) electrons. The number of esters is 2. The molecule has 2 aromatic rings. The number of hydrogen-bond acceptors (Lipinski definition) is 14. The van der Waals surface area contributed by atoms with E-state index in [1.807, 2.05) is 0 Å². The number of benzene rings is 2. The number of methoxy groups -OCH3 is 2. The van der Waals surface area contributed by atoms with Gasteiger partial charge in [0.15, 0.2) is 11.8 Å². The van der Waals surface area contributed by atoms with E-state index < -0.39 is 33.2 Å². The molecule has 0 bridgehead atoms. The topological polar surface area (TPSA) is 205 Å². The van der Waals surface area contributed by atoms with E-state index in [0.29, 0.717) is 9.79 Å². The zero-order chi connectivity index (χ0) is 28.2. The summed E-state index contributed by atoms with van der Waals surface area (Å²) in [4.78, 5) is 47.1. The standard InChI is InChI=1S/C22H22N4O10S2/c1-33-19(23)7-9-35-21(27)15-11-13(3-5-17(15)25(29)30)37-38-14-4-6-18(26(31)32)16(12-14)22(28)36-10-8-20(24)34-2/h3-6,11-12,23-24H,7-10H2,1-2H3. The van der Waals surface area contributed by atoms with Crippen LogP contribution in [0.5, 0.6) is 0 Å². The van der Waals surface area contributed by atoms with E-state index in [0.717, 1.165) is 33.7 Å². The van der Waals surface area contributed by atoms with Crippen LogP contribution in [0.15, 0.2) is 46.2 Å². The van der Waals surface area contributed by atoms with Crippen LogP contribution in [-0.2, 0) is 18.9 Å². The Labute approximate surface area is 223 Å². The molecular formula is C22H22N4O10S2. The number of hydrogen-bond donors (Lipinski definition) is 2. The molecule has 0 aliphatic heterocycles. The number of carbonyl (C=O) groups is 2. The molecule has 0 unspecified atom stereocenters. The molecule has 0 spiro atoms. The number of nitro groups is 2. The molecule has 2 rings (SSSR count). The highest BCUT2D eigenvalue weighted by Crippen LogP contribution is 2.40. The van der Waals surface area contributed by atoms with Crippen molar-refractivity contribution in [3.63, 3.8) is 0 Å². The van der Waals surface area contributed by atoms with Gasteiger partial charge in [0.25, 0.3) is 11.4 Å². The second-order valence-electron chi connectivity index (χ2n) is 7.07. The molecule has 0 amide bonds. The minimum absolute atomic E-state index is 0.000152. The number of ether oxygens (including phenoxy) is 4. The number of nitrogens with one attached hydrogen (secondary N) is 2. The Kier molecular flexibility index (Phi) is 11.5. The van der Waals surface area contributed by atoms with Crippen molar-refractivity contribution in [1.29, 1.82) is 10.8 Å². The molecular weight excluding hydrogens is 544 g/mol. The van der Waals surface area contributed by atoms with Gasteiger partial charge >= 0.3 is 11.9 Å². The lowest BCUT2D eigenvalue weighted by molar-refractivity contribution is -0.385. The van der Waals surface area contributed by atoms with Gasteiger partial charge in [-0.25, -0.2) is 9.59 Å². The lowest BCUT2D eigenvalue weighted by atomic mass is 10.2. The smallest absolute Gasteiger partial charge is 0.345 e. The molecule has 0 atom stereocenters. The largest absolute Gasteiger partial charge is 0.484 e. The molecule has 0 aromatic heterocycles. The van der Waals surface area contributed by atoms with Crippen molar-refractivity contribution >= 4 is 56.7 Å². The van der Waals surface area contributed by atoms with Crippen molar-refractivity contribution in [1.82, 2.24) is 0 Å². The lowest BCUT2D eigenvalue weighted by Crippen LogP contribution is -2.12. The predicted octanol–water partition coefficient (Wildman–Crippen LogP) is 4.64. The van der Waals surface area contributed by atoms with E-state index in [1.54, 1.807) is 0 Å². The van der Waals surface area contributed by atoms with Crippen molar-refractivity contribution in [3.8, 4) is 0 Å². The Morgan fingerprint density at radius 2 is 1.13 bits per heavy atom. The summed E-state index contributed by atoms with van der Waals surface area (Å²) in [7, 11) is 4.75. The molecule has 0 heterocycles. The minimum atomic E-state index is -0.949. The summed E-state index contributed by atoms with van der Waals surface area (Å²) in [6, 6.07) is 7.66. The van der Waals surface area contributed by atoms with Gasteiger partial charge in [-0.3, -0.25) is 31.0 Å². The maximum absolute atomic E-state index is 12.4. The third-order valence-electron chi connectivity index (χ3n) is 4.62. The van der Waals surface area contributed by atoms with Gasteiger partial charge in [-0.2, -0.15) is 0 Å². The molecule has 2 N–H and O–H groups in total. The summed E-state index contributed by atoms with van der Waals surface area (Å²) in [5, 5.41) is 37.5. The SMILES string of the molecule is COC(=N)CCOC(=O)c1cc(SSc2ccc([N+](=O)[O-])c(C(=O)OCCC(=N)OC)c2)ccc1[N+](=O)[O-]. The predicted molar refractivity (Wildman–Crippen MR) is 137 cm³/mol. The second kappa shape index (κ2) is 14.5.